The van der Waals surface area contributed by atoms with Gasteiger partial charge in [-0.3, -0.25) is 9.59 Å². The van der Waals surface area contributed by atoms with Gasteiger partial charge < -0.3 is 5.32 Å². The van der Waals surface area contributed by atoms with E-state index in [1.54, 1.807) is 26.1 Å². The van der Waals surface area contributed by atoms with Crippen molar-refractivity contribution in [3.63, 3.8) is 0 Å². The molecule has 1 N–H and O–H groups in total. The first-order valence-corrected chi connectivity index (χ1v) is 6.57. The number of carbonyl (C=O) groups is 2. The average Bonchev–Trinajstić information content (AvgIpc) is 2.24. The minimum atomic E-state index is -5.99. The molecule has 0 aromatic heterocycles. The van der Waals surface area contributed by atoms with Crippen LogP contribution in [0.25, 0.3) is 0 Å². The fourth-order valence-corrected chi connectivity index (χ4v) is 1.76. The van der Waals surface area contributed by atoms with Gasteiger partial charge in [0.15, 0.2) is 0 Å². The predicted molar refractivity (Wildman–Crippen MR) is 67.3 cm³/mol. The largest absolute Gasteiger partial charge is 0.463 e. The van der Waals surface area contributed by atoms with Gasteiger partial charge in [0.1, 0.15) is 5.78 Å². The summed E-state index contributed by atoms with van der Waals surface area (Å²) in [4.78, 5) is 22.4. The summed E-state index contributed by atoms with van der Waals surface area (Å²) >= 11 is 5.28. The van der Waals surface area contributed by atoms with Crippen molar-refractivity contribution in [1.82, 2.24) is 5.32 Å². The minimum Gasteiger partial charge on any atom is -0.347 e. The molecule has 0 aliphatic carbocycles. The van der Waals surface area contributed by atoms with E-state index < -0.39 is 47.5 Å². The van der Waals surface area contributed by atoms with Gasteiger partial charge in [0, 0.05) is 12.5 Å². The summed E-state index contributed by atoms with van der Waals surface area (Å²) < 4.78 is 62.1. The molecule has 124 valence electrons. The highest BCUT2D eigenvalue weighted by Crippen LogP contribution is 2.36. The van der Waals surface area contributed by atoms with Crippen LogP contribution in [0.5, 0.6) is 0 Å². The highest BCUT2D eigenvalue weighted by molar-refractivity contribution is 6.27. The van der Waals surface area contributed by atoms with E-state index in [9.17, 15) is 31.5 Å². The zero-order valence-corrected chi connectivity index (χ0v) is 12.5. The van der Waals surface area contributed by atoms with Crippen LogP contribution in [0.1, 0.15) is 33.6 Å². The van der Waals surface area contributed by atoms with Crippen molar-refractivity contribution in [2.45, 2.75) is 51.8 Å². The van der Waals surface area contributed by atoms with Gasteiger partial charge in [0.25, 0.3) is 0 Å². The Morgan fingerprint density at radius 3 is 1.90 bits per heavy atom. The van der Waals surface area contributed by atoms with Crippen LogP contribution in [0.2, 0.25) is 0 Å². The third-order valence-corrected chi connectivity index (χ3v) is 2.76. The normalized spacial score (nSPS) is 14.7. The summed E-state index contributed by atoms with van der Waals surface area (Å²) in [5, 5.41) is 1.60. The van der Waals surface area contributed by atoms with E-state index in [2.05, 4.69) is 0 Å². The van der Waals surface area contributed by atoms with Gasteiger partial charge in [-0.25, -0.2) is 0 Å². The molecule has 0 saturated carbocycles. The SMILES string of the molecule is CC(C)(C)CC(CC(=O)CCl)NC(=O)C(F)(F)C(F)(F)F. The van der Waals surface area contributed by atoms with Crippen LogP contribution >= 0.6 is 11.6 Å². The van der Waals surface area contributed by atoms with Crippen molar-refractivity contribution in [2.24, 2.45) is 5.41 Å². The number of rotatable bonds is 6. The molecule has 0 radical (unpaired) electrons. The Balaban J connectivity index is 5.04. The number of hydrogen-bond acceptors (Lipinski definition) is 2. The first-order valence-electron chi connectivity index (χ1n) is 6.04. The van der Waals surface area contributed by atoms with E-state index in [1.165, 1.54) is 0 Å². The summed E-state index contributed by atoms with van der Waals surface area (Å²) in [5.74, 6) is -8.94. The lowest BCUT2D eigenvalue weighted by Crippen LogP contribution is -2.53. The summed E-state index contributed by atoms with van der Waals surface area (Å²) in [6, 6.07) is -1.14. The number of hydrogen-bond donors (Lipinski definition) is 1. The quantitative estimate of drug-likeness (QED) is 0.597. The molecule has 0 heterocycles. The van der Waals surface area contributed by atoms with E-state index in [0.717, 1.165) is 0 Å². The maximum Gasteiger partial charge on any atom is 0.463 e. The van der Waals surface area contributed by atoms with Gasteiger partial charge in [-0.05, 0) is 11.8 Å². The smallest absolute Gasteiger partial charge is 0.347 e. The molecule has 0 bridgehead atoms. The van der Waals surface area contributed by atoms with Crippen LogP contribution in [0.15, 0.2) is 0 Å². The number of Topliss-reactive ketones (excluding diaryl/α,β-unsaturated/α-hetero) is 1. The molecule has 0 spiro atoms. The van der Waals surface area contributed by atoms with Crippen molar-refractivity contribution in [3.05, 3.63) is 0 Å². The van der Waals surface area contributed by atoms with Gasteiger partial charge in [-0.2, -0.15) is 22.0 Å². The molecule has 21 heavy (non-hydrogen) atoms. The molecule has 0 rings (SSSR count). The molecular weight excluding hydrogens is 321 g/mol. The number of alkyl halides is 6. The average molecular weight is 338 g/mol. The fraction of sp³-hybridized carbons (Fsp3) is 0.833. The topological polar surface area (TPSA) is 46.2 Å². The van der Waals surface area contributed by atoms with Crippen molar-refractivity contribution in [1.29, 1.82) is 0 Å². The Bertz CT molecular complexity index is 390. The zero-order chi connectivity index (χ0) is 17.1. The monoisotopic (exact) mass is 337 g/mol. The highest BCUT2D eigenvalue weighted by atomic mass is 35.5. The van der Waals surface area contributed by atoms with E-state index in [4.69, 9.17) is 11.6 Å². The molecule has 1 unspecified atom stereocenters. The van der Waals surface area contributed by atoms with Crippen LogP contribution in [-0.2, 0) is 9.59 Å². The second kappa shape index (κ2) is 6.89. The van der Waals surface area contributed by atoms with E-state index in [0.29, 0.717) is 0 Å². The van der Waals surface area contributed by atoms with Gasteiger partial charge in [0.2, 0.25) is 0 Å². The number of nitrogens with one attached hydrogen (secondary N) is 1. The highest BCUT2D eigenvalue weighted by Gasteiger charge is 2.63. The van der Waals surface area contributed by atoms with E-state index >= 15 is 0 Å². The Labute approximate surface area is 124 Å². The molecule has 0 aliphatic heterocycles. The van der Waals surface area contributed by atoms with Gasteiger partial charge >= 0.3 is 18.0 Å². The van der Waals surface area contributed by atoms with E-state index in [-0.39, 0.29) is 6.42 Å². The number of halogens is 6. The molecule has 0 aromatic rings. The third kappa shape index (κ3) is 6.58. The van der Waals surface area contributed by atoms with Crippen molar-refractivity contribution < 1.29 is 31.5 Å². The molecule has 0 fully saturated rings. The summed E-state index contributed by atoms with van der Waals surface area (Å²) in [7, 11) is 0. The lowest BCUT2D eigenvalue weighted by Gasteiger charge is -2.28. The van der Waals surface area contributed by atoms with Crippen molar-refractivity contribution in [3.8, 4) is 0 Å². The van der Waals surface area contributed by atoms with Crippen LogP contribution in [-0.4, -0.2) is 35.7 Å². The van der Waals surface area contributed by atoms with Gasteiger partial charge in [0.05, 0.1) is 5.88 Å². The summed E-state index contributed by atoms with van der Waals surface area (Å²) in [5.41, 5.74) is -0.488. The Morgan fingerprint density at radius 2 is 1.57 bits per heavy atom. The molecule has 0 aliphatic rings. The van der Waals surface area contributed by atoms with E-state index in [1.807, 2.05) is 0 Å². The Hall–Kier alpha value is -0.920. The minimum absolute atomic E-state index is 0.0509. The van der Waals surface area contributed by atoms with Crippen molar-refractivity contribution in [2.75, 3.05) is 5.88 Å². The molecule has 1 amide bonds. The molecule has 1 atom stereocenters. The molecule has 9 heteroatoms. The summed E-state index contributed by atoms with van der Waals surface area (Å²) in [6.07, 6.45) is -6.34. The lowest BCUT2D eigenvalue weighted by atomic mass is 9.86. The number of ketones is 1. The Kier molecular flexibility index (Phi) is 6.59. The maximum atomic E-state index is 12.9. The number of amides is 1. The third-order valence-electron chi connectivity index (χ3n) is 2.46. The lowest BCUT2D eigenvalue weighted by molar-refractivity contribution is -0.270. The maximum absolute atomic E-state index is 12.9. The molecular formula is C12H17ClF5NO2. The zero-order valence-electron chi connectivity index (χ0n) is 11.8. The first kappa shape index (κ1) is 20.1. The van der Waals surface area contributed by atoms with Crippen LogP contribution in [0.4, 0.5) is 22.0 Å². The Morgan fingerprint density at radius 1 is 1.10 bits per heavy atom. The van der Waals surface area contributed by atoms with Gasteiger partial charge in [-0.15, -0.1) is 11.6 Å². The second-order valence-electron chi connectivity index (χ2n) is 5.88. The van der Waals surface area contributed by atoms with Crippen molar-refractivity contribution >= 4 is 23.3 Å². The van der Waals surface area contributed by atoms with Crippen LogP contribution < -0.4 is 5.32 Å². The number of carbonyl (C=O) groups excluding carboxylic acids is 2. The molecule has 0 aromatic carbocycles. The fourth-order valence-electron chi connectivity index (χ4n) is 1.65. The predicted octanol–water partition coefficient (Wildman–Crippen LogP) is 3.30. The standard InChI is InChI=1S/C12H17ClF5NO2/c1-10(2,3)5-7(4-8(20)6-13)19-9(21)11(14,15)12(16,17)18/h7H,4-6H2,1-3H3,(H,19,21). The molecule has 3 nitrogen and oxygen atoms in total. The second-order valence-corrected chi connectivity index (χ2v) is 6.15. The van der Waals surface area contributed by atoms with Crippen LogP contribution in [0.3, 0.4) is 0 Å². The van der Waals surface area contributed by atoms with Crippen LogP contribution in [0, 0.1) is 5.41 Å². The molecule has 0 saturated heterocycles. The first-order chi connectivity index (χ1) is 9.20. The summed E-state index contributed by atoms with van der Waals surface area (Å²) in [6.45, 7) is 5.08. The van der Waals surface area contributed by atoms with Gasteiger partial charge in [-0.1, -0.05) is 20.8 Å².